The number of nitrogens with one attached hydrogen (secondary N) is 1. The van der Waals surface area contributed by atoms with E-state index in [0.717, 1.165) is 31.8 Å². The number of fused-ring (bicyclic) bond motifs is 4. The van der Waals surface area contributed by atoms with Crippen LogP contribution in [0.15, 0.2) is 33.9 Å². The fraction of sp³-hybridized carbons (Fsp3) is 0.611. The van der Waals surface area contributed by atoms with Crippen molar-refractivity contribution in [3.8, 4) is 11.5 Å². The molecule has 8 heteroatoms. The molecular formula is C18H24N4O3S. The Morgan fingerprint density at radius 1 is 1.12 bits per heavy atom. The molecule has 0 unspecified atom stereocenters. The molecule has 140 valence electrons. The maximum Gasteiger partial charge on any atom is 0.276 e. The van der Waals surface area contributed by atoms with Crippen molar-refractivity contribution in [2.24, 2.45) is 11.8 Å². The lowest BCUT2D eigenvalue weighted by Gasteiger charge is -2.36. The standard InChI is InChI=1S/C18H24N4O3S/c23-26(24,18-6-5-17(25-18)16-7-8-19-20-16)22-11-14-3-4-15(12-22)21(10-14)9-13-1-2-13/h5-8,13-15H,1-4,9-12H2,(H,19,20)/t14-,15-/m0/s1. The summed E-state index contributed by atoms with van der Waals surface area (Å²) in [6.45, 7) is 3.34. The Morgan fingerprint density at radius 2 is 2.00 bits per heavy atom. The summed E-state index contributed by atoms with van der Waals surface area (Å²) in [5.74, 6) is 1.75. The first-order valence-electron chi connectivity index (χ1n) is 9.43. The Bertz CT molecular complexity index is 872. The van der Waals surface area contributed by atoms with Crippen LogP contribution >= 0.6 is 0 Å². The molecule has 2 atom stereocenters. The molecule has 2 bridgehead atoms. The third-order valence-corrected chi connectivity index (χ3v) is 7.63. The van der Waals surface area contributed by atoms with Crippen LogP contribution in [-0.2, 0) is 10.0 Å². The third kappa shape index (κ3) is 3.00. The molecule has 3 saturated heterocycles. The van der Waals surface area contributed by atoms with Crippen LogP contribution in [0.3, 0.4) is 0 Å². The van der Waals surface area contributed by atoms with Crippen molar-refractivity contribution in [1.82, 2.24) is 19.4 Å². The third-order valence-electron chi connectivity index (χ3n) is 5.92. The summed E-state index contributed by atoms with van der Waals surface area (Å²) in [5, 5.41) is 6.71. The van der Waals surface area contributed by atoms with Crippen LogP contribution in [0.25, 0.3) is 11.5 Å². The number of hydrogen-bond donors (Lipinski definition) is 1. The number of nitrogens with zero attached hydrogens (tertiary/aromatic N) is 3. The first-order valence-corrected chi connectivity index (χ1v) is 10.9. The predicted molar refractivity (Wildman–Crippen MR) is 95.9 cm³/mol. The number of rotatable bonds is 5. The molecule has 4 fully saturated rings. The van der Waals surface area contributed by atoms with Crippen LogP contribution < -0.4 is 0 Å². The fourth-order valence-corrected chi connectivity index (χ4v) is 5.78. The number of hydrogen-bond acceptors (Lipinski definition) is 5. The van der Waals surface area contributed by atoms with E-state index < -0.39 is 10.0 Å². The highest BCUT2D eigenvalue weighted by atomic mass is 32.2. The lowest BCUT2D eigenvalue weighted by molar-refractivity contribution is 0.127. The number of aromatic nitrogens is 2. The Labute approximate surface area is 153 Å². The number of sulfonamides is 1. The SMILES string of the molecule is O=S(=O)(c1ccc(-c2ccn[nH]2)o1)N1C[C@H]2CC[C@@H](C1)N(CC1CC1)C2. The second-order valence-corrected chi connectivity index (χ2v) is 9.77. The summed E-state index contributed by atoms with van der Waals surface area (Å²) in [5.41, 5.74) is 0.679. The van der Waals surface area contributed by atoms with Crippen molar-refractivity contribution in [2.45, 2.75) is 36.8 Å². The zero-order chi connectivity index (χ0) is 17.7. The largest absolute Gasteiger partial charge is 0.442 e. The fourth-order valence-electron chi connectivity index (χ4n) is 4.31. The van der Waals surface area contributed by atoms with E-state index in [1.807, 2.05) is 0 Å². The average molecular weight is 376 g/mol. The summed E-state index contributed by atoms with van der Waals surface area (Å²) < 4.78 is 33.7. The van der Waals surface area contributed by atoms with Crippen LogP contribution in [0.2, 0.25) is 0 Å². The minimum atomic E-state index is -3.61. The molecule has 0 amide bonds. The summed E-state index contributed by atoms with van der Waals surface area (Å²) in [6.07, 6.45) is 6.50. The minimum absolute atomic E-state index is 0.0251. The molecule has 3 aliphatic heterocycles. The predicted octanol–water partition coefficient (Wildman–Crippen LogP) is 2.16. The van der Waals surface area contributed by atoms with Crippen LogP contribution in [0.5, 0.6) is 0 Å². The molecule has 0 radical (unpaired) electrons. The lowest BCUT2D eigenvalue weighted by Crippen LogP contribution is -2.45. The van der Waals surface area contributed by atoms with Crippen molar-refractivity contribution < 1.29 is 12.8 Å². The van der Waals surface area contributed by atoms with Gasteiger partial charge in [-0.3, -0.25) is 10.00 Å². The van der Waals surface area contributed by atoms with E-state index in [1.165, 1.54) is 12.8 Å². The van der Waals surface area contributed by atoms with Gasteiger partial charge >= 0.3 is 0 Å². The van der Waals surface area contributed by atoms with Crippen LogP contribution in [0.4, 0.5) is 0 Å². The molecule has 2 aromatic rings. The van der Waals surface area contributed by atoms with Gasteiger partial charge in [0.1, 0.15) is 5.69 Å². The highest BCUT2D eigenvalue weighted by Crippen LogP contribution is 2.36. The average Bonchev–Trinajstić information content (AvgIpc) is 3.15. The molecule has 5 heterocycles. The molecular weight excluding hydrogens is 352 g/mol. The van der Waals surface area contributed by atoms with E-state index in [0.29, 0.717) is 36.5 Å². The van der Waals surface area contributed by atoms with Gasteiger partial charge in [0.05, 0.1) is 0 Å². The van der Waals surface area contributed by atoms with Crippen LogP contribution in [0.1, 0.15) is 25.7 Å². The number of H-pyrrole nitrogens is 1. The van der Waals surface area contributed by atoms with E-state index in [4.69, 9.17) is 4.42 Å². The quantitative estimate of drug-likeness (QED) is 0.865. The second-order valence-electron chi connectivity index (χ2n) is 7.91. The van der Waals surface area contributed by atoms with E-state index >= 15 is 0 Å². The molecule has 2 aromatic heterocycles. The van der Waals surface area contributed by atoms with Gasteiger partial charge in [-0.05, 0) is 55.7 Å². The maximum atomic E-state index is 13.2. The van der Waals surface area contributed by atoms with Crippen LogP contribution in [-0.4, -0.2) is 60.0 Å². The molecule has 0 spiro atoms. The van der Waals surface area contributed by atoms with Gasteiger partial charge in [-0.15, -0.1) is 0 Å². The van der Waals surface area contributed by atoms with Gasteiger partial charge < -0.3 is 4.42 Å². The molecule has 1 saturated carbocycles. The second kappa shape index (κ2) is 6.21. The number of furan rings is 1. The summed E-state index contributed by atoms with van der Waals surface area (Å²) >= 11 is 0. The van der Waals surface area contributed by atoms with Gasteiger partial charge in [0.2, 0.25) is 5.09 Å². The topological polar surface area (TPSA) is 82.4 Å². The highest BCUT2D eigenvalue weighted by molar-refractivity contribution is 7.89. The molecule has 4 aliphatic rings. The Morgan fingerprint density at radius 3 is 2.77 bits per heavy atom. The van der Waals surface area contributed by atoms with E-state index in [9.17, 15) is 8.42 Å². The zero-order valence-corrected chi connectivity index (χ0v) is 15.5. The van der Waals surface area contributed by atoms with Crippen LogP contribution in [0, 0.1) is 11.8 Å². The van der Waals surface area contributed by atoms with Gasteiger partial charge in [0, 0.05) is 38.4 Å². The minimum Gasteiger partial charge on any atom is -0.442 e. The van der Waals surface area contributed by atoms with Crippen molar-refractivity contribution in [3.05, 3.63) is 24.4 Å². The van der Waals surface area contributed by atoms with Crippen molar-refractivity contribution in [1.29, 1.82) is 0 Å². The number of aromatic amines is 1. The lowest BCUT2D eigenvalue weighted by atomic mass is 9.95. The molecule has 7 nitrogen and oxygen atoms in total. The normalized spacial score (nSPS) is 27.7. The first kappa shape index (κ1) is 16.5. The van der Waals surface area contributed by atoms with Crippen molar-refractivity contribution in [3.63, 3.8) is 0 Å². The molecule has 6 rings (SSSR count). The maximum absolute atomic E-state index is 13.2. The van der Waals surface area contributed by atoms with Gasteiger partial charge in [-0.2, -0.15) is 9.40 Å². The van der Waals surface area contributed by atoms with Gasteiger partial charge in [-0.25, -0.2) is 8.42 Å². The van der Waals surface area contributed by atoms with Gasteiger partial charge in [0.25, 0.3) is 10.0 Å². The van der Waals surface area contributed by atoms with E-state index in [1.54, 1.807) is 28.7 Å². The molecule has 1 N–H and O–H groups in total. The Kier molecular flexibility index (Phi) is 3.95. The smallest absolute Gasteiger partial charge is 0.276 e. The van der Waals surface area contributed by atoms with Gasteiger partial charge in [-0.1, -0.05) is 0 Å². The van der Waals surface area contributed by atoms with E-state index in [2.05, 4.69) is 15.1 Å². The summed E-state index contributed by atoms with van der Waals surface area (Å²) in [7, 11) is -3.61. The first-order chi connectivity index (χ1) is 12.6. The van der Waals surface area contributed by atoms with Crippen molar-refractivity contribution >= 4 is 10.0 Å². The highest BCUT2D eigenvalue weighted by Gasteiger charge is 2.41. The Hall–Kier alpha value is -1.64. The zero-order valence-electron chi connectivity index (χ0n) is 14.7. The Balaban J connectivity index is 1.38. The van der Waals surface area contributed by atoms with Crippen molar-refractivity contribution in [2.75, 3.05) is 26.2 Å². The summed E-state index contributed by atoms with van der Waals surface area (Å²) in [4.78, 5) is 2.54. The molecule has 26 heavy (non-hydrogen) atoms. The number of piperidine rings is 1. The summed E-state index contributed by atoms with van der Waals surface area (Å²) in [6, 6.07) is 5.34. The monoisotopic (exact) mass is 376 g/mol. The molecule has 0 aromatic carbocycles. The van der Waals surface area contributed by atoms with Gasteiger partial charge in [0.15, 0.2) is 5.76 Å². The molecule has 1 aliphatic carbocycles. The van der Waals surface area contributed by atoms with E-state index in [-0.39, 0.29) is 5.09 Å².